The number of hydrogen-bond donors (Lipinski definition) is 1. The van der Waals surface area contributed by atoms with Crippen LogP contribution in [0.3, 0.4) is 0 Å². The SMILES string of the molecule is CCc1c(-c2nnc(SCC(=O)Nc3cccc(C(F)(F)F)c3)n2C(C)C)csc1C. The number of anilines is 1. The van der Waals surface area contributed by atoms with Crippen molar-refractivity contribution in [2.75, 3.05) is 11.1 Å². The molecule has 0 aliphatic carbocycles. The maximum absolute atomic E-state index is 12.9. The molecule has 0 radical (unpaired) electrons. The maximum atomic E-state index is 12.9. The van der Waals surface area contributed by atoms with Crippen molar-refractivity contribution in [1.82, 2.24) is 14.8 Å². The maximum Gasteiger partial charge on any atom is 0.416 e. The summed E-state index contributed by atoms with van der Waals surface area (Å²) in [5.74, 6) is 0.353. The van der Waals surface area contributed by atoms with E-state index in [1.807, 2.05) is 18.4 Å². The summed E-state index contributed by atoms with van der Waals surface area (Å²) in [5.41, 5.74) is 1.58. The number of hydrogen-bond acceptors (Lipinski definition) is 5. The zero-order valence-corrected chi connectivity index (χ0v) is 19.2. The summed E-state index contributed by atoms with van der Waals surface area (Å²) in [7, 11) is 0. The van der Waals surface area contributed by atoms with Crippen LogP contribution < -0.4 is 5.32 Å². The topological polar surface area (TPSA) is 59.8 Å². The van der Waals surface area contributed by atoms with Crippen LogP contribution in [0.2, 0.25) is 0 Å². The highest BCUT2D eigenvalue weighted by atomic mass is 32.2. The van der Waals surface area contributed by atoms with Gasteiger partial charge in [0, 0.05) is 27.5 Å². The molecule has 3 rings (SSSR count). The van der Waals surface area contributed by atoms with Crippen molar-refractivity contribution in [2.45, 2.75) is 51.5 Å². The smallest absolute Gasteiger partial charge is 0.325 e. The molecule has 0 unspecified atom stereocenters. The van der Waals surface area contributed by atoms with Crippen molar-refractivity contribution >= 4 is 34.7 Å². The normalized spacial score (nSPS) is 11.9. The standard InChI is InChI=1S/C21H23F3N4OS2/c1-5-16-13(4)30-10-17(16)19-26-27-20(28(19)12(2)3)31-11-18(29)25-15-8-6-7-14(9-15)21(22,23)24/h6-10,12H,5,11H2,1-4H3,(H,25,29). The van der Waals surface area contributed by atoms with Crippen LogP contribution in [0, 0.1) is 6.92 Å². The number of nitrogens with zero attached hydrogens (tertiary/aromatic N) is 3. The monoisotopic (exact) mass is 468 g/mol. The summed E-state index contributed by atoms with van der Waals surface area (Å²) in [4.78, 5) is 13.6. The molecule has 166 valence electrons. The minimum absolute atomic E-state index is 0.00436. The minimum Gasteiger partial charge on any atom is -0.325 e. The Kier molecular flexibility index (Phi) is 7.10. The van der Waals surface area contributed by atoms with E-state index in [1.54, 1.807) is 11.3 Å². The molecule has 0 bridgehead atoms. The molecule has 0 saturated heterocycles. The van der Waals surface area contributed by atoms with Gasteiger partial charge in [0.25, 0.3) is 0 Å². The van der Waals surface area contributed by atoms with Crippen LogP contribution >= 0.6 is 23.1 Å². The molecule has 1 amide bonds. The first-order chi connectivity index (χ1) is 14.6. The predicted octanol–water partition coefficient (Wildman–Crippen LogP) is 6.21. The number of aryl methyl sites for hydroxylation is 1. The molecule has 0 spiro atoms. The Labute approximate surface area is 187 Å². The largest absolute Gasteiger partial charge is 0.416 e. The van der Waals surface area contributed by atoms with Gasteiger partial charge >= 0.3 is 6.18 Å². The van der Waals surface area contributed by atoms with Gasteiger partial charge < -0.3 is 5.32 Å². The summed E-state index contributed by atoms with van der Waals surface area (Å²) < 4.78 is 40.6. The molecule has 0 saturated carbocycles. The van der Waals surface area contributed by atoms with E-state index in [9.17, 15) is 18.0 Å². The summed E-state index contributed by atoms with van der Waals surface area (Å²) >= 11 is 2.88. The lowest BCUT2D eigenvalue weighted by atomic mass is 10.1. The molecule has 5 nitrogen and oxygen atoms in total. The summed E-state index contributed by atoms with van der Waals surface area (Å²) in [5, 5.41) is 13.8. The van der Waals surface area contributed by atoms with Crippen LogP contribution in [0.1, 0.15) is 42.8 Å². The number of thiophene rings is 1. The third-order valence-corrected chi connectivity index (χ3v) is 6.58. The lowest BCUT2D eigenvalue weighted by Gasteiger charge is -2.14. The molecule has 31 heavy (non-hydrogen) atoms. The van der Waals surface area contributed by atoms with Crippen molar-refractivity contribution in [3.63, 3.8) is 0 Å². The molecule has 10 heteroatoms. The number of halogens is 3. The Balaban J connectivity index is 1.75. The van der Waals surface area contributed by atoms with E-state index in [2.05, 4.69) is 34.7 Å². The fraction of sp³-hybridized carbons (Fsp3) is 0.381. The van der Waals surface area contributed by atoms with Gasteiger partial charge in [-0.3, -0.25) is 9.36 Å². The van der Waals surface area contributed by atoms with Crippen LogP contribution in [-0.4, -0.2) is 26.4 Å². The van der Waals surface area contributed by atoms with E-state index in [4.69, 9.17) is 0 Å². The number of carbonyl (C=O) groups excluding carboxylic acids is 1. The van der Waals surface area contributed by atoms with Gasteiger partial charge in [-0.25, -0.2) is 0 Å². The zero-order chi connectivity index (χ0) is 22.8. The van der Waals surface area contributed by atoms with Crippen LogP contribution in [0.5, 0.6) is 0 Å². The number of thioether (sulfide) groups is 1. The highest BCUT2D eigenvalue weighted by molar-refractivity contribution is 7.99. The number of amides is 1. The quantitative estimate of drug-likeness (QED) is 0.419. The van der Waals surface area contributed by atoms with Crippen molar-refractivity contribution in [2.24, 2.45) is 0 Å². The number of aromatic nitrogens is 3. The minimum atomic E-state index is -4.46. The van der Waals surface area contributed by atoms with Crippen molar-refractivity contribution in [3.05, 3.63) is 45.6 Å². The Morgan fingerprint density at radius 3 is 2.68 bits per heavy atom. The molecule has 0 fully saturated rings. The molecule has 3 aromatic rings. The summed E-state index contributed by atoms with van der Waals surface area (Å²) in [6.07, 6.45) is -3.57. The highest BCUT2D eigenvalue weighted by Gasteiger charge is 2.30. The lowest BCUT2D eigenvalue weighted by molar-refractivity contribution is -0.137. The van der Waals surface area contributed by atoms with Gasteiger partial charge in [0.15, 0.2) is 11.0 Å². The average molecular weight is 469 g/mol. The first-order valence-corrected chi connectivity index (χ1v) is 11.6. The van der Waals surface area contributed by atoms with E-state index < -0.39 is 17.6 Å². The third kappa shape index (κ3) is 5.30. The molecule has 0 aliphatic heterocycles. The average Bonchev–Trinajstić information content (AvgIpc) is 3.28. The molecular formula is C21H23F3N4OS2. The van der Waals surface area contributed by atoms with Crippen LogP contribution in [-0.2, 0) is 17.4 Å². The van der Waals surface area contributed by atoms with E-state index in [1.165, 1.54) is 34.3 Å². The van der Waals surface area contributed by atoms with Crippen LogP contribution in [0.25, 0.3) is 11.4 Å². The predicted molar refractivity (Wildman–Crippen MR) is 119 cm³/mol. The number of nitrogens with one attached hydrogen (secondary N) is 1. The summed E-state index contributed by atoms with van der Waals surface area (Å²) in [6, 6.07) is 4.65. The number of benzene rings is 1. The molecule has 1 N–H and O–H groups in total. The second-order valence-corrected chi connectivity index (χ2v) is 9.25. The number of rotatable bonds is 7. The Bertz CT molecular complexity index is 1070. The van der Waals surface area contributed by atoms with Gasteiger partial charge in [0.2, 0.25) is 5.91 Å². The van der Waals surface area contributed by atoms with E-state index in [-0.39, 0.29) is 17.5 Å². The molecule has 2 aromatic heterocycles. The fourth-order valence-corrected chi connectivity index (χ4v) is 5.04. The molecule has 0 atom stereocenters. The van der Waals surface area contributed by atoms with Gasteiger partial charge in [-0.1, -0.05) is 24.8 Å². The molecule has 0 aliphatic rings. The number of alkyl halides is 3. The van der Waals surface area contributed by atoms with Gasteiger partial charge in [-0.2, -0.15) is 13.2 Å². The molecule has 2 heterocycles. The Morgan fingerprint density at radius 2 is 2.03 bits per heavy atom. The first kappa shape index (κ1) is 23.3. The van der Waals surface area contributed by atoms with E-state index in [0.29, 0.717) is 5.16 Å². The lowest BCUT2D eigenvalue weighted by Crippen LogP contribution is -2.16. The zero-order valence-electron chi connectivity index (χ0n) is 17.6. The Hall–Kier alpha value is -2.33. The van der Waals surface area contributed by atoms with E-state index >= 15 is 0 Å². The van der Waals surface area contributed by atoms with Crippen molar-refractivity contribution in [1.29, 1.82) is 0 Å². The first-order valence-electron chi connectivity index (χ1n) is 9.74. The fourth-order valence-electron chi connectivity index (χ4n) is 3.23. The molecular weight excluding hydrogens is 445 g/mol. The second kappa shape index (κ2) is 9.44. The third-order valence-electron chi connectivity index (χ3n) is 4.69. The van der Waals surface area contributed by atoms with Crippen LogP contribution in [0.4, 0.5) is 18.9 Å². The van der Waals surface area contributed by atoms with Crippen molar-refractivity contribution in [3.8, 4) is 11.4 Å². The van der Waals surface area contributed by atoms with E-state index in [0.717, 1.165) is 29.9 Å². The highest BCUT2D eigenvalue weighted by Crippen LogP contribution is 2.34. The Morgan fingerprint density at radius 1 is 1.29 bits per heavy atom. The van der Waals surface area contributed by atoms with Gasteiger partial charge in [-0.05, 0) is 51.0 Å². The van der Waals surface area contributed by atoms with Gasteiger partial charge in [0.05, 0.1) is 11.3 Å². The number of carbonyl (C=O) groups is 1. The van der Waals surface area contributed by atoms with Gasteiger partial charge in [-0.15, -0.1) is 21.5 Å². The van der Waals surface area contributed by atoms with Crippen molar-refractivity contribution < 1.29 is 18.0 Å². The molecule has 1 aromatic carbocycles. The van der Waals surface area contributed by atoms with Crippen LogP contribution in [0.15, 0.2) is 34.8 Å². The van der Waals surface area contributed by atoms with Gasteiger partial charge in [0.1, 0.15) is 0 Å². The second-order valence-electron chi connectivity index (χ2n) is 7.22. The summed E-state index contributed by atoms with van der Waals surface area (Å²) in [6.45, 7) is 8.22.